The fourth-order valence-electron chi connectivity index (χ4n) is 1.18. The van der Waals surface area contributed by atoms with E-state index in [9.17, 15) is 9.59 Å². The van der Waals surface area contributed by atoms with Crippen molar-refractivity contribution in [2.24, 2.45) is 0 Å². The van der Waals surface area contributed by atoms with Gasteiger partial charge in [-0.15, -0.1) is 0 Å². The highest BCUT2D eigenvalue weighted by molar-refractivity contribution is 6.05. The van der Waals surface area contributed by atoms with Crippen molar-refractivity contribution in [1.29, 1.82) is 0 Å². The van der Waals surface area contributed by atoms with Crippen molar-refractivity contribution in [2.75, 3.05) is 19.0 Å². The Hall–Kier alpha value is -1.84. The molecular weight excluding hydrogens is 194 g/mol. The predicted octanol–water partition coefficient (Wildman–Crippen LogP) is 1.41. The van der Waals surface area contributed by atoms with Crippen LogP contribution in [0.2, 0.25) is 0 Å². The monoisotopic (exact) mass is 207 g/mol. The van der Waals surface area contributed by atoms with Crippen LogP contribution in [0.25, 0.3) is 0 Å². The Balaban J connectivity index is 2.80. The van der Waals surface area contributed by atoms with Crippen LogP contribution >= 0.6 is 0 Å². The van der Waals surface area contributed by atoms with Crippen LogP contribution in [0.15, 0.2) is 24.3 Å². The Bertz CT molecular complexity index is 368. The second-order valence-corrected chi connectivity index (χ2v) is 3.43. The molecule has 0 saturated heterocycles. The number of ketones is 1. The van der Waals surface area contributed by atoms with E-state index in [1.807, 2.05) is 19.0 Å². The molecule has 0 aliphatic carbocycles. The molecule has 1 N–H and O–H groups in total. The normalized spacial score (nSPS) is 9.73. The van der Waals surface area contributed by atoms with Crippen LogP contribution in [0.4, 0.5) is 5.69 Å². The number of carboxylic acid groups (broad SMARTS) is 1. The molecule has 0 spiro atoms. The van der Waals surface area contributed by atoms with Gasteiger partial charge in [0.1, 0.15) is 6.42 Å². The lowest BCUT2D eigenvalue weighted by Gasteiger charge is -2.12. The third-order valence-electron chi connectivity index (χ3n) is 2.02. The van der Waals surface area contributed by atoms with Crippen LogP contribution in [0, 0.1) is 0 Å². The number of aliphatic carboxylic acids is 1. The van der Waals surface area contributed by atoms with Gasteiger partial charge in [-0.2, -0.15) is 0 Å². The fraction of sp³-hybridized carbons (Fsp3) is 0.273. The van der Waals surface area contributed by atoms with Crippen molar-refractivity contribution >= 4 is 17.4 Å². The van der Waals surface area contributed by atoms with E-state index in [0.717, 1.165) is 5.69 Å². The highest BCUT2D eigenvalue weighted by Crippen LogP contribution is 2.13. The summed E-state index contributed by atoms with van der Waals surface area (Å²) in [4.78, 5) is 23.6. The van der Waals surface area contributed by atoms with Crippen molar-refractivity contribution in [3.05, 3.63) is 29.8 Å². The smallest absolute Gasteiger partial charge is 0.311 e. The second-order valence-electron chi connectivity index (χ2n) is 3.43. The van der Waals surface area contributed by atoms with Gasteiger partial charge in [0.15, 0.2) is 5.78 Å². The summed E-state index contributed by atoms with van der Waals surface area (Å²) >= 11 is 0. The molecule has 0 fully saturated rings. The highest BCUT2D eigenvalue weighted by atomic mass is 16.4. The number of anilines is 1. The minimum atomic E-state index is -1.10. The van der Waals surface area contributed by atoms with Gasteiger partial charge in [0.05, 0.1) is 0 Å². The van der Waals surface area contributed by atoms with Gasteiger partial charge < -0.3 is 10.0 Å². The van der Waals surface area contributed by atoms with Crippen molar-refractivity contribution in [1.82, 2.24) is 0 Å². The molecule has 4 heteroatoms. The largest absolute Gasteiger partial charge is 0.481 e. The molecule has 1 rings (SSSR count). The molecule has 0 aliphatic rings. The van der Waals surface area contributed by atoms with E-state index in [2.05, 4.69) is 0 Å². The second kappa shape index (κ2) is 4.59. The van der Waals surface area contributed by atoms with Gasteiger partial charge in [-0.05, 0) is 24.3 Å². The third-order valence-corrected chi connectivity index (χ3v) is 2.02. The lowest BCUT2D eigenvalue weighted by atomic mass is 10.1. The Kier molecular flexibility index (Phi) is 3.44. The number of carboxylic acids is 1. The third kappa shape index (κ3) is 3.09. The van der Waals surface area contributed by atoms with Crippen molar-refractivity contribution in [3.63, 3.8) is 0 Å². The first-order chi connectivity index (χ1) is 7.00. The van der Waals surface area contributed by atoms with Crippen LogP contribution in [0.1, 0.15) is 16.8 Å². The summed E-state index contributed by atoms with van der Waals surface area (Å²) in [5.74, 6) is -1.47. The average Bonchev–Trinajstić information content (AvgIpc) is 2.17. The maximum atomic E-state index is 11.3. The Morgan fingerprint density at radius 2 is 1.73 bits per heavy atom. The average molecular weight is 207 g/mol. The highest BCUT2D eigenvalue weighted by Gasteiger charge is 2.10. The molecule has 1 aromatic rings. The predicted molar refractivity (Wildman–Crippen MR) is 57.4 cm³/mol. The van der Waals surface area contributed by atoms with E-state index >= 15 is 0 Å². The Morgan fingerprint density at radius 1 is 1.20 bits per heavy atom. The number of Topliss-reactive ketones (excluding diaryl/α,β-unsaturated/α-hetero) is 1. The molecule has 1 aromatic carbocycles. The minimum Gasteiger partial charge on any atom is -0.481 e. The summed E-state index contributed by atoms with van der Waals surface area (Å²) in [5, 5.41) is 8.46. The first kappa shape index (κ1) is 11.2. The molecule has 0 heterocycles. The molecule has 0 atom stereocenters. The van der Waals surface area contributed by atoms with Gasteiger partial charge >= 0.3 is 5.97 Å². The SMILES string of the molecule is CN(C)c1ccc(C(=O)CC(=O)O)cc1. The summed E-state index contributed by atoms with van der Waals surface area (Å²) in [7, 11) is 3.79. The quantitative estimate of drug-likeness (QED) is 0.599. The van der Waals surface area contributed by atoms with Gasteiger partial charge in [0.2, 0.25) is 0 Å². The van der Waals surface area contributed by atoms with Crippen LogP contribution in [0.3, 0.4) is 0 Å². The molecule has 0 aliphatic heterocycles. The zero-order chi connectivity index (χ0) is 11.4. The van der Waals surface area contributed by atoms with Crippen LogP contribution in [-0.4, -0.2) is 31.0 Å². The molecule has 15 heavy (non-hydrogen) atoms. The van der Waals surface area contributed by atoms with E-state index in [0.29, 0.717) is 5.56 Å². The summed E-state index contributed by atoms with van der Waals surface area (Å²) < 4.78 is 0. The molecule has 0 aromatic heterocycles. The maximum absolute atomic E-state index is 11.3. The number of carbonyl (C=O) groups is 2. The first-order valence-electron chi connectivity index (χ1n) is 4.53. The van der Waals surface area contributed by atoms with Crippen molar-refractivity contribution in [3.8, 4) is 0 Å². The zero-order valence-electron chi connectivity index (χ0n) is 8.73. The summed E-state index contributed by atoms with van der Waals surface area (Å²) in [5.41, 5.74) is 1.41. The number of nitrogens with zero attached hydrogens (tertiary/aromatic N) is 1. The molecule has 0 bridgehead atoms. The first-order valence-corrected chi connectivity index (χ1v) is 4.53. The molecular formula is C11H13NO3. The minimum absolute atomic E-state index is 0.368. The molecule has 4 nitrogen and oxygen atoms in total. The van der Waals surface area contributed by atoms with Crippen LogP contribution in [0.5, 0.6) is 0 Å². The molecule has 0 radical (unpaired) electrons. The number of carbonyl (C=O) groups excluding carboxylic acids is 1. The summed E-state index contributed by atoms with van der Waals surface area (Å²) in [6.45, 7) is 0. The summed E-state index contributed by atoms with van der Waals surface area (Å²) in [6, 6.07) is 6.85. The van der Waals surface area contributed by atoms with Gasteiger partial charge in [0.25, 0.3) is 0 Å². The number of rotatable bonds is 4. The van der Waals surface area contributed by atoms with Gasteiger partial charge in [-0.3, -0.25) is 9.59 Å². The molecule has 0 unspecified atom stereocenters. The molecule has 80 valence electrons. The van der Waals surface area contributed by atoms with Crippen molar-refractivity contribution < 1.29 is 14.7 Å². The van der Waals surface area contributed by atoms with E-state index in [-0.39, 0.29) is 5.78 Å². The molecule has 0 saturated carbocycles. The van der Waals surface area contributed by atoms with Crippen LogP contribution in [-0.2, 0) is 4.79 Å². The van der Waals surface area contributed by atoms with E-state index in [1.165, 1.54) is 0 Å². The topological polar surface area (TPSA) is 57.6 Å². The van der Waals surface area contributed by atoms with Gasteiger partial charge in [-0.1, -0.05) is 0 Å². The zero-order valence-corrected chi connectivity index (χ0v) is 8.73. The summed E-state index contributed by atoms with van der Waals surface area (Å²) in [6.07, 6.45) is -0.457. The Morgan fingerprint density at radius 3 is 2.13 bits per heavy atom. The Labute approximate surface area is 88.1 Å². The number of hydrogen-bond acceptors (Lipinski definition) is 3. The van der Waals surface area contributed by atoms with E-state index in [4.69, 9.17) is 5.11 Å². The molecule has 0 amide bonds. The van der Waals surface area contributed by atoms with Crippen LogP contribution < -0.4 is 4.90 Å². The van der Waals surface area contributed by atoms with Gasteiger partial charge in [-0.25, -0.2) is 0 Å². The van der Waals surface area contributed by atoms with E-state index < -0.39 is 12.4 Å². The number of benzene rings is 1. The number of hydrogen-bond donors (Lipinski definition) is 1. The fourth-order valence-corrected chi connectivity index (χ4v) is 1.18. The van der Waals surface area contributed by atoms with Crippen molar-refractivity contribution in [2.45, 2.75) is 6.42 Å². The lowest BCUT2D eigenvalue weighted by Crippen LogP contribution is -2.10. The van der Waals surface area contributed by atoms with Gasteiger partial charge in [0, 0.05) is 25.3 Å². The standard InChI is InChI=1S/C11H13NO3/c1-12(2)9-5-3-8(4-6-9)10(13)7-11(14)15/h3-6H,7H2,1-2H3,(H,14,15). The lowest BCUT2D eigenvalue weighted by molar-refractivity contribution is -0.135. The maximum Gasteiger partial charge on any atom is 0.311 e. The van der Waals surface area contributed by atoms with E-state index in [1.54, 1.807) is 24.3 Å².